The lowest BCUT2D eigenvalue weighted by Crippen LogP contribution is -2.08. The molecule has 0 aliphatic rings. The molecule has 3 aromatic carbocycles. The number of aromatic nitrogens is 4. The molecule has 0 saturated heterocycles. The average Bonchev–Trinajstić information content (AvgIpc) is 3.43. The maximum atomic E-state index is 13.0. The number of H-pyrrole nitrogens is 1. The second-order valence-electron chi connectivity index (χ2n) is 7.37. The van der Waals surface area contributed by atoms with Gasteiger partial charge in [-0.15, -0.1) is 0 Å². The fourth-order valence-corrected chi connectivity index (χ4v) is 3.74. The molecule has 2 heterocycles. The highest BCUT2D eigenvalue weighted by Gasteiger charge is 2.30. The molecule has 0 bridgehead atoms. The minimum absolute atomic E-state index is 0.370. The van der Waals surface area contributed by atoms with Crippen molar-refractivity contribution in [2.75, 3.05) is 5.32 Å². The molecule has 5 aromatic rings. The minimum atomic E-state index is -4.41. The van der Waals surface area contributed by atoms with Crippen LogP contribution in [0.3, 0.4) is 0 Å². The number of para-hydroxylation sites is 1. The largest absolute Gasteiger partial charge is 0.416 e. The Balaban J connectivity index is 1.68. The van der Waals surface area contributed by atoms with Crippen LogP contribution in [0.15, 0.2) is 79.5 Å². The lowest BCUT2D eigenvalue weighted by molar-refractivity contribution is -0.137. The number of nitrogens with zero attached hydrogens (tertiary/aromatic N) is 3. The number of amides is 1. The lowest BCUT2D eigenvalue weighted by atomic mass is 10.1. The summed E-state index contributed by atoms with van der Waals surface area (Å²) in [6.45, 7) is 3.48. The van der Waals surface area contributed by atoms with Crippen LogP contribution in [0.25, 0.3) is 38.8 Å². The van der Waals surface area contributed by atoms with Gasteiger partial charge in [0.1, 0.15) is 5.69 Å². The first-order valence-electron chi connectivity index (χ1n) is 9.91. The molecular formula is C24H16F3N5O. The van der Waals surface area contributed by atoms with Crippen LogP contribution in [0.2, 0.25) is 0 Å². The van der Waals surface area contributed by atoms with Crippen molar-refractivity contribution in [1.82, 2.24) is 20.0 Å². The van der Waals surface area contributed by atoms with Crippen LogP contribution in [0, 0.1) is 0 Å². The number of carbonyl (C=O) groups is 1. The van der Waals surface area contributed by atoms with Crippen LogP contribution < -0.4 is 5.32 Å². The second-order valence-corrected chi connectivity index (χ2v) is 7.37. The third kappa shape index (κ3) is 3.63. The number of hydrogen-bond acceptors (Lipinski definition) is 3. The number of anilines is 1. The Bertz CT molecular complexity index is 1510. The number of alkyl halides is 3. The number of nitrogens with one attached hydrogen (secondary N) is 2. The lowest BCUT2D eigenvalue weighted by Gasteiger charge is -2.09. The maximum Gasteiger partial charge on any atom is 0.416 e. The molecule has 0 fully saturated rings. The van der Waals surface area contributed by atoms with Gasteiger partial charge in [0.05, 0.1) is 34.2 Å². The predicted molar refractivity (Wildman–Crippen MR) is 120 cm³/mol. The molecule has 0 saturated carbocycles. The van der Waals surface area contributed by atoms with E-state index in [1.54, 1.807) is 16.9 Å². The highest BCUT2D eigenvalue weighted by molar-refractivity contribution is 6.06. The maximum absolute atomic E-state index is 13.0. The van der Waals surface area contributed by atoms with Crippen LogP contribution in [-0.4, -0.2) is 25.9 Å². The summed E-state index contributed by atoms with van der Waals surface area (Å²) >= 11 is 0. The third-order valence-electron chi connectivity index (χ3n) is 5.30. The fourth-order valence-electron chi connectivity index (χ4n) is 3.74. The first kappa shape index (κ1) is 20.5. The van der Waals surface area contributed by atoms with E-state index in [2.05, 4.69) is 22.1 Å². The Morgan fingerprint density at radius 3 is 2.55 bits per heavy atom. The van der Waals surface area contributed by atoms with Gasteiger partial charge < -0.3 is 5.32 Å². The van der Waals surface area contributed by atoms with E-state index < -0.39 is 11.7 Å². The molecular weight excluding hydrogens is 431 g/mol. The van der Waals surface area contributed by atoms with E-state index in [4.69, 9.17) is 5.10 Å². The van der Waals surface area contributed by atoms with Gasteiger partial charge in [-0.05, 0) is 36.4 Å². The summed E-state index contributed by atoms with van der Waals surface area (Å²) in [5.74, 6) is -0.370. The number of carbonyl (C=O) groups excluding carboxylic acids is 1. The van der Waals surface area contributed by atoms with Crippen molar-refractivity contribution in [1.29, 1.82) is 0 Å². The van der Waals surface area contributed by atoms with Gasteiger partial charge in [0.25, 0.3) is 0 Å². The van der Waals surface area contributed by atoms with Crippen molar-refractivity contribution in [3.05, 3.63) is 85.1 Å². The van der Waals surface area contributed by atoms with E-state index in [1.165, 1.54) is 18.2 Å². The van der Waals surface area contributed by atoms with Gasteiger partial charge in [0, 0.05) is 16.3 Å². The SMILES string of the molecule is C=CC(=O)Nc1cc(-n2nc(-c3ccc(C(F)(F)F)cc3)c3ccccc32)cc2[nH]ncc12. The summed E-state index contributed by atoms with van der Waals surface area (Å²) in [4.78, 5) is 11.9. The monoisotopic (exact) mass is 447 g/mol. The molecule has 5 rings (SSSR count). The smallest absolute Gasteiger partial charge is 0.322 e. The van der Waals surface area contributed by atoms with Crippen molar-refractivity contribution in [3.63, 3.8) is 0 Å². The van der Waals surface area contributed by atoms with E-state index in [9.17, 15) is 18.0 Å². The summed E-state index contributed by atoms with van der Waals surface area (Å²) in [5, 5.41) is 15.9. The number of halogens is 3. The van der Waals surface area contributed by atoms with Gasteiger partial charge >= 0.3 is 6.18 Å². The first-order chi connectivity index (χ1) is 15.8. The van der Waals surface area contributed by atoms with Crippen molar-refractivity contribution < 1.29 is 18.0 Å². The summed E-state index contributed by atoms with van der Waals surface area (Å²) in [7, 11) is 0. The zero-order chi connectivity index (χ0) is 23.2. The van der Waals surface area contributed by atoms with Crippen molar-refractivity contribution in [3.8, 4) is 16.9 Å². The first-order valence-corrected chi connectivity index (χ1v) is 9.91. The zero-order valence-corrected chi connectivity index (χ0v) is 17.0. The summed E-state index contributed by atoms with van der Waals surface area (Å²) in [5.41, 5.74) is 2.98. The van der Waals surface area contributed by atoms with E-state index >= 15 is 0 Å². The van der Waals surface area contributed by atoms with Gasteiger partial charge in [-0.2, -0.15) is 23.4 Å². The molecule has 164 valence electrons. The predicted octanol–water partition coefficient (Wildman–Crippen LogP) is 5.71. The van der Waals surface area contributed by atoms with Crippen LogP contribution in [-0.2, 0) is 11.0 Å². The molecule has 0 spiro atoms. The topological polar surface area (TPSA) is 75.6 Å². The highest BCUT2D eigenvalue weighted by Crippen LogP contribution is 2.35. The second kappa shape index (κ2) is 7.63. The average molecular weight is 447 g/mol. The van der Waals surface area contributed by atoms with Gasteiger partial charge in [-0.25, -0.2) is 4.68 Å². The molecule has 0 aliphatic carbocycles. The van der Waals surface area contributed by atoms with Crippen LogP contribution >= 0.6 is 0 Å². The number of hydrogen-bond donors (Lipinski definition) is 2. The quantitative estimate of drug-likeness (QED) is 0.347. The molecule has 0 unspecified atom stereocenters. The van der Waals surface area contributed by atoms with Crippen molar-refractivity contribution in [2.45, 2.75) is 6.18 Å². The van der Waals surface area contributed by atoms with E-state index in [0.29, 0.717) is 33.5 Å². The molecule has 2 aromatic heterocycles. The van der Waals surface area contributed by atoms with Crippen LogP contribution in [0.1, 0.15) is 5.56 Å². The fraction of sp³-hybridized carbons (Fsp3) is 0.0417. The Labute approximate surface area is 185 Å². The van der Waals surface area contributed by atoms with Gasteiger partial charge in [-0.1, -0.05) is 36.9 Å². The Morgan fingerprint density at radius 2 is 1.82 bits per heavy atom. The van der Waals surface area contributed by atoms with Gasteiger partial charge in [0.2, 0.25) is 5.91 Å². The van der Waals surface area contributed by atoms with E-state index in [0.717, 1.165) is 23.0 Å². The van der Waals surface area contributed by atoms with E-state index in [1.807, 2.05) is 30.3 Å². The molecule has 2 N–H and O–H groups in total. The Hall–Kier alpha value is -4.40. The number of benzene rings is 3. The van der Waals surface area contributed by atoms with Crippen molar-refractivity contribution >= 4 is 33.4 Å². The Kier molecular flexibility index (Phi) is 4.74. The van der Waals surface area contributed by atoms with Gasteiger partial charge in [0.15, 0.2) is 0 Å². The molecule has 0 radical (unpaired) electrons. The number of fused-ring (bicyclic) bond motifs is 2. The highest BCUT2D eigenvalue weighted by atomic mass is 19.4. The molecule has 33 heavy (non-hydrogen) atoms. The van der Waals surface area contributed by atoms with Crippen LogP contribution in [0.4, 0.5) is 18.9 Å². The molecule has 6 nitrogen and oxygen atoms in total. The molecule has 1 amide bonds. The number of aromatic amines is 1. The minimum Gasteiger partial charge on any atom is -0.322 e. The van der Waals surface area contributed by atoms with Crippen LogP contribution in [0.5, 0.6) is 0 Å². The van der Waals surface area contributed by atoms with Crippen molar-refractivity contribution in [2.24, 2.45) is 0 Å². The summed E-state index contributed by atoms with van der Waals surface area (Å²) in [6.07, 6.45) is -1.64. The Morgan fingerprint density at radius 1 is 1.06 bits per heavy atom. The summed E-state index contributed by atoms with van der Waals surface area (Å²) in [6, 6.07) is 15.9. The van der Waals surface area contributed by atoms with E-state index in [-0.39, 0.29) is 5.91 Å². The molecule has 0 aliphatic heterocycles. The third-order valence-corrected chi connectivity index (χ3v) is 5.30. The molecule has 0 atom stereocenters. The zero-order valence-electron chi connectivity index (χ0n) is 17.0. The standard InChI is InChI=1S/C24H16F3N5O/c1-2-22(33)29-19-11-16(12-20-18(19)13-28-30-20)32-21-6-4-3-5-17(21)23(31-32)14-7-9-15(10-8-14)24(25,26)27/h2-13H,1H2,(H,28,30)(H,29,33). The molecule has 9 heteroatoms. The van der Waals surface area contributed by atoms with Gasteiger partial charge in [-0.3, -0.25) is 9.89 Å². The normalized spacial score (nSPS) is 11.7. The number of rotatable bonds is 4. The summed E-state index contributed by atoms with van der Waals surface area (Å²) < 4.78 is 40.7.